The summed E-state index contributed by atoms with van der Waals surface area (Å²) in [4.78, 5) is 29.1. The molecule has 3 amide bonds. The molecule has 2 aliphatic rings. The molecule has 1 saturated heterocycles. The van der Waals surface area contributed by atoms with Crippen LogP contribution in [0, 0.1) is 5.92 Å². The Morgan fingerprint density at radius 2 is 1.90 bits per heavy atom. The highest BCUT2D eigenvalue weighted by Crippen LogP contribution is 2.31. The van der Waals surface area contributed by atoms with Gasteiger partial charge < -0.3 is 25.2 Å². The van der Waals surface area contributed by atoms with Crippen LogP contribution in [0.25, 0.3) is 0 Å². The van der Waals surface area contributed by atoms with E-state index in [1.165, 1.54) is 0 Å². The lowest BCUT2D eigenvalue weighted by Crippen LogP contribution is -2.50. The largest absolute Gasteiger partial charge is 0.377 e. The van der Waals surface area contributed by atoms with Crippen molar-refractivity contribution in [2.45, 2.75) is 64.6 Å². The SMILES string of the molecule is CN(C)c1ccc(NC(=O)C2CC2)cc1CN(C[C@@H]1CCCO1)C(=O)NC(C)(C)C. The molecular formula is C23H36N4O3. The van der Waals surface area contributed by atoms with E-state index in [2.05, 4.69) is 10.6 Å². The van der Waals surface area contributed by atoms with Crippen LogP contribution in [-0.4, -0.2) is 55.7 Å². The number of hydrogen-bond acceptors (Lipinski definition) is 4. The van der Waals surface area contributed by atoms with Crippen molar-refractivity contribution in [1.82, 2.24) is 10.2 Å². The zero-order valence-electron chi connectivity index (χ0n) is 19.0. The Bertz CT molecular complexity index is 762. The molecule has 0 spiro atoms. The highest BCUT2D eigenvalue weighted by molar-refractivity contribution is 5.94. The number of benzene rings is 1. The predicted molar refractivity (Wildman–Crippen MR) is 120 cm³/mol. The lowest BCUT2D eigenvalue weighted by molar-refractivity contribution is -0.117. The summed E-state index contributed by atoms with van der Waals surface area (Å²) in [7, 11) is 3.97. The van der Waals surface area contributed by atoms with Gasteiger partial charge in [0.05, 0.1) is 6.10 Å². The molecule has 0 radical (unpaired) electrons. The zero-order chi connectivity index (χ0) is 21.9. The van der Waals surface area contributed by atoms with Crippen LogP contribution in [0.5, 0.6) is 0 Å². The highest BCUT2D eigenvalue weighted by Gasteiger charge is 2.30. The summed E-state index contributed by atoms with van der Waals surface area (Å²) in [5.74, 6) is 0.232. The van der Waals surface area contributed by atoms with E-state index in [0.29, 0.717) is 13.1 Å². The zero-order valence-corrected chi connectivity index (χ0v) is 19.0. The molecular weight excluding hydrogens is 380 g/mol. The summed E-state index contributed by atoms with van der Waals surface area (Å²) < 4.78 is 5.80. The maximum atomic E-state index is 13.1. The Labute approximate surface area is 180 Å². The third-order valence-corrected chi connectivity index (χ3v) is 5.36. The van der Waals surface area contributed by atoms with Gasteiger partial charge in [0.25, 0.3) is 0 Å². The fraction of sp³-hybridized carbons (Fsp3) is 0.652. The van der Waals surface area contributed by atoms with Gasteiger partial charge in [-0.1, -0.05) is 0 Å². The molecule has 1 aromatic carbocycles. The molecule has 0 aromatic heterocycles. The van der Waals surface area contributed by atoms with Gasteiger partial charge >= 0.3 is 6.03 Å². The number of urea groups is 1. The third-order valence-electron chi connectivity index (χ3n) is 5.36. The number of hydrogen-bond donors (Lipinski definition) is 2. The van der Waals surface area contributed by atoms with E-state index >= 15 is 0 Å². The summed E-state index contributed by atoms with van der Waals surface area (Å²) in [6.45, 7) is 7.69. The van der Waals surface area contributed by atoms with Gasteiger partial charge in [0.1, 0.15) is 0 Å². The van der Waals surface area contributed by atoms with E-state index in [1.54, 1.807) is 0 Å². The number of nitrogens with zero attached hydrogens (tertiary/aromatic N) is 2. The third kappa shape index (κ3) is 6.36. The number of rotatable bonds is 7. The summed E-state index contributed by atoms with van der Waals surface area (Å²) >= 11 is 0. The van der Waals surface area contributed by atoms with Gasteiger partial charge in [0, 0.05) is 56.6 Å². The van der Waals surface area contributed by atoms with Crippen molar-refractivity contribution in [2.24, 2.45) is 5.92 Å². The first-order chi connectivity index (χ1) is 14.1. The lowest BCUT2D eigenvalue weighted by atomic mass is 10.1. The smallest absolute Gasteiger partial charge is 0.318 e. The van der Waals surface area contributed by atoms with Gasteiger partial charge in [-0.25, -0.2) is 4.79 Å². The Morgan fingerprint density at radius 1 is 1.17 bits per heavy atom. The number of carbonyl (C=O) groups is 2. The minimum atomic E-state index is -0.323. The van der Waals surface area contributed by atoms with Crippen LogP contribution in [0.3, 0.4) is 0 Å². The highest BCUT2D eigenvalue weighted by atomic mass is 16.5. The van der Waals surface area contributed by atoms with E-state index in [0.717, 1.165) is 49.2 Å². The van der Waals surface area contributed by atoms with Crippen LogP contribution in [0.4, 0.5) is 16.2 Å². The van der Waals surface area contributed by atoms with Crippen molar-refractivity contribution in [3.05, 3.63) is 23.8 Å². The molecule has 1 aliphatic carbocycles. The van der Waals surface area contributed by atoms with Crippen LogP contribution in [0.2, 0.25) is 0 Å². The molecule has 0 bridgehead atoms. The maximum absolute atomic E-state index is 13.1. The monoisotopic (exact) mass is 416 g/mol. The second kappa shape index (κ2) is 9.25. The normalized spacial score (nSPS) is 18.8. The average molecular weight is 417 g/mol. The van der Waals surface area contributed by atoms with Crippen molar-refractivity contribution in [2.75, 3.05) is 37.5 Å². The number of nitrogens with one attached hydrogen (secondary N) is 2. The Balaban J connectivity index is 1.82. The maximum Gasteiger partial charge on any atom is 0.318 e. The average Bonchev–Trinajstić information content (AvgIpc) is 3.37. The second-order valence-corrected chi connectivity index (χ2v) is 9.70. The van der Waals surface area contributed by atoms with Gasteiger partial charge in [-0.2, -0.15) is 0 Å². The minimum Gasteiger partial charge on any atom is -0.377 e. The predicted octanol–water partition coefficient (Wildman–Crippen LogP) is 3.59. The number of ether oxygens (including phenoxy) is 1. The first-order valence-corrected chi connectivity index (χ1v) is 10.9. The molecule has 7 nitrogen and oxygen atoms in total. The van der Waals surface area contributed by atoms with E-state index in [4.69, 9.17) is 4.74 Å². The second-order valence-electron chi connectivity index (χ2n) is 9.70. The van der Waals surface area contributed by atoms with Gasteiger partial charge in [-0.15, -0.1) is 0 Å². The number of amides is 3. The summed E-state index contributed by atoms with van der Waals surface area (Å²) in [6, 6.07) is 5.82. The van der Waals surface area contributed by atoms with Gasteiger partial charge in [0.2, 0.25) is 5.91 Å². The molecule has 1 atom stereocenters. The molecule has 2 N–H and O–H groups in total. The Kier molecular flexibility index (Phi) is 6.91. The molecule has 1 aliphatic heterocycles. The number of carbonyl (C=O) groups excluding carboxylic acids is 2. The van der Waals surface area contributed by atoms with Crippen LogP contribution >= 0.6 is 0 Å². The van der Waals surface area contributed by atoms with Crippen molar-refractivity contribution < 1.29 is 14.3 Å². The molecule has 1 heterocycles. The summed E-state index contributed by atoms with van der Waals surface area (Å²) in [5.41, 5.74) is 2.48. The first-order valence-electron chi connectivity index (χ1n) is 10.9. The quantitative estimate of drug-likeness (QED) is 0.712. The van der Waals surface area contributed by atoms with Gasteiger partial charge in [-0.05, 0) is 70.2 Å². The fourth-order valence-electron chi connectivity index (χ4n) is 3.67. The van der Waals surface area contributed by atoms with E-state index in [9.17, 15) is 9.59 Å². The first kappa shape index (κ1) is 22.4. The molecule has 166 valence electrons. The van der Waals surface area contributed by atoms with Gasteiger partial charge in [-0.3, -0.25) is 4.79 Å². The molecule has 0 unspecified atom stereocenters. The topological polar surface area (TPSA) is 73.9 Å². The van der Waals surface area contributed by atoms with Crippen LogP contribution in [-0.2, 0) is 16.1 Å². The standard InChI is InChI=1S/C23H36N4O3/c1-23(2,3)25-22(29)27(15-19-7-6-12-30-19)14-17-13-18(10-11-20(17)26(4)5)24-21(28)16-8-9-16/h10-11,13,16,19H,6-9,12,14-15H2,1-5H3,(H,24,28)(H,25,29)/t19-/m0/s1. The molecule has 3 rings (SSSR count). The molecule has 30 heavy (non-hydrogen) atoms. The van der Waals surface area contributed by atoms with Crippen LogP contribution in [0.15, 0.2) is 18.2 Å². The van der Waals surface area contributed by atoms with Crippen molar-refractivity contribution in [3.8, 4) is 0 Å². The van der Waals surface area contributed by atoms with Crippen molar-refractivity contribution >= 4 is 23.3 Å². The van der Waals surface area contributed by atoms with E-state index in [-0.39, 0.29) is 29.5 Å². The molecule has 2 fully saturated rings. The lowest BCUT2D eigenvalue weighted by Gasteiger charge is -2.31. The van der Waals surface area contributed by atoms with Crippen LogP contribution < -0.4 is 15.5 Å². The summed E-state index contributed by atoms with van der Waals surface area (Å²) in [5, 5.41) is 6.10. The van der Waals surface area contributed by atoms with Crippen LogP contribution in [0.1, 0.15) is 52.0 Å². The van der Waals surface area contributed by atoms with Gasteiger partial charge in [0.15, 0.2) is 0 Å². The molecule has 7 heteroatoms. The van der Waals surface area contributed by atoms with E-state index in [1.807, 2.05) is 62.9 Å². The molecule has 1 saturated carbocycles. The molecule has 1 aromatic rings. The van der Waals surface area contributed by atoms with E-state index < -0.39 is 0 Å². The van der Waals surface area contributed by atoms with Crippen molar-refractivity contribution in [1.29, 1.82) is 0 Å². The summed E-state index contributed by atoms with van der Waals surface area (Å²) in [6.07, 6.45) is 4.01. The fourth-order valence-corrected chi connectivity index (χ4v) is 3.67. The minimum absolute atomic E-state index is 0.0660. The Hall–Kier alpha value is -2.28. The van der Waals surface area contributed by atoms with Crippen molar-refractivity contribution in [3.63, 3.8) is 0 Å². The Morgan fingerprint density at radius 3 is 2.47 bits per heavy atom. The number of anilines is 2.